The van der Waals surface area contributed by atoms with E-state index < -0.39 is 17.0 Å². The Morgan fingerprint density at radius 3 is 3.05 bits per heavy atom. The molecular formula is C12H8N2O6S. The summed E-state index contributed by atoms with van der Waals surface area (Å²) in [5, 5.41) is 19.5. The number of rotatable bonds is 4. The molecule has 1 N–H and O–H groups in total. The molecule has 8 nitrogen and oxygen atoms in total. The third-order valence-corrected chi connectivity index (χ3v) is 3.67. The second-order valence-corrected chi connectivity index (χ2v) is 5.21. The highest BCUT2D eigenvalue weighted by Gasteiger charge is 2.29. The lowest BCUT2D eigenvalue weighted by Gasteiger charge is -2.05. The van der Waals surface area contributed by atoms with Crippen LogP contribution in [0.15, 0.2) is 24.4 Å². The van der Waals surface area contributed by atoms with Gasteiger partial charge in [0.05, 0.1) is 4.92 Å². The van der Waals surface area contributed by atoms with E-state index in [1.807, 2.05) is 0 Å². The van der Waals surface area contributed by atoms with Crippen molar-refractivity contribution < 1.29 is 24.3 Å². The van der Waals surface area contributed by atoms with Crippen molar-refractivity contribution in [3.05, 3.63) is 40.1 Å². The molecule has 2 aromatic rings. The number of hydrogen-bond acceptors (Lipinski definition) is 7. The van der Waals surface area contributed by atoms with Gasteiger partial charge in [-0.3, -0.25) is 10.1 Å². The van der Waals surface area contributed by atoms with Crippen molar-refractivity contribution in [2.75, 3.05) is 0 Å². The maximum Gasteiger partial charge on any atom is 0.347 e. The summed E-state index contributed by atoms with van der Waals surface area (Å²) in [6.07, 6.45) is 0.522. The van der Waals surface area contributed by atoms with Crippen LogP contribution in [0.3, 0.4) is 0 Å². The van der Waals surface area contributed by atoms with E-state index in [4.69, 9.17) is 14.6 Å². The zero-order valence-electron chi connectivity index (χ0n) is 10.4. The zero-order valence-corrected chi connectivity index (χ0v) is 11.2. The maximum atomic E-state index is 10.9. The number of carboxylic acid groups (broad SMARTS) is 1. The molecule has 108 valence electrons. The van der Waals surface area contributed by atoms with Gasteiger partial charge < -0.3 is 14.6 Å². The Kier molecular flexibility index (Phi) is 3.18. The lowest BCUT2D eigenvalue weighted by molar-refractivity contribution is -0.380. The Labute approximate surface area is 121 Å². The average Bonchev–Trinajstić information content (AvgIpc) is 3.04. The Bertz CT molecular complexity index is 728. The van der Waals surface area contributed by atoms with Crippen molar-refractivity contribution in [3.63, 3.8) is 0 Å². The van der Waals surface area contributed by atoms with Crippen LogP contribution in [0.25, 0.3) is 0 Å². The van der Waals surface area contributed by atoms with E-state index >= 15 is 0 Å². The number of carboxylic acids is 1. The van der Waals surface area contributed by atoms with E-state index in [0.717, 1.165) is 23.1 Å². The largest absolute Gasteiger partial charge is 0.478 e. The summed E-state index contributed by atoms with van der Waals surface area (Å²) in [4.78, 5) is 24.7. The number of aliphatic carboxylic acids is 1. The number of aromatic nitrogens is 1. The van der Waals surface area contributed by atoms with E-state index in [-0.39, 0.29) is 10.2 Å². The first-order valence-electron chi connectivity index (χ1n) is 5.83. The van der Waals surface area contributed by atoms with Crippen LogP contribution >= 0.6 is 11.3 Å². The van der Waals surface area contributed by atoms with E-state index in [0.29, 0.717) is 17.9 Å². The van der Waals surface area contributed by atoms with Crippen molar-refractivity contribution in [2.24, 2.45) is 0 Å². The average molecular weight is 308 g/mol. The van der Waals surface area contributed by atoms with Crippen LogP contribution in [0.5, 0.6) is 16.7 Å². The minimum Gasteiger partial charge on any atom is -0.478 e. The molecule has 0 saturated carbocycles. The smallest absolute Gasteiger partial charge is 0.347 e. The van der Waals surface area contributed by atoms with Crippen LogP contribution < -0.4 is 9.47 Å². The number of benzene rings is 1. The van der Waals surface area contributed by atoms with Gasteiger partial charge in [0.2, 0.25) is 0 Å². The summed E-state index contributed by atoms with van der Waals surface area (Å²) < 4.78 is 10.7. The van der Waals surface area contributed by atoms with Crippen LogP contribution in [0.4, 0.5) is 5.00 Å². The van der Waals surface area contributed by atoms with Crippen LogP contribution in [-0.4, -0.2) is 27.1 Å². The number of nitro groups is 1. The molecule has 0 fully saturated rings. The molecule has 0 aliphatic carbocycles. The molecule has 0 bridgehead atoms. The molecule has 1 aromatic carbocycles. The number of nitrogens with zero attached hydrogens (tertiary/aromatic N) is 2. The topological polar surface area (TPSA) is 112 Å². The molecule has 0 spiro atoms. The number of ether oxygens (including phenoxy) is 2. The Hall–Kier alpha value is -2.68. The number of carbonyl (C=O) groups is 1. The molecule has 1 aliphatic heterocycles. The van der Waals surface area contributed by atoms with E-state index in [2.05, 4.69) is 4.98 Å². The fourth-order valence-corrected chi connectivity index (χ4v) is 2.49. The highest BCUT2D eigenvalue weighted by Crippen LogP contribution is 2.36. The minimum absolute atomic E-state index is 0.117. The third kappa shape index (κ3) is 2.63. The molecule has 1 aliphatic rings. The molecule has 0 amide bonds. The maximum absolute atomic E-state index is 10.9. The lowest BCUT2D eigenvalue weighted by Crippen LogP contribution is -2.24. The standard InChI is InChI=1S/C12H8N2O6S/c15-11(16)9-3-6-1-2-7(4-8(6)20-9)19-12-13-5-10(21-12)14(17)18/h1-2,4-5,9H,3H2,(H,15,16). The van der Waals surface area contributed by atoms with Gasteiger partial charge in [-0.1, -0.05) is 6.07 Å². The van der Waals surface area contributed by atoms with Gasteiger partial charge in [-0.15, -0.1) is 0 Å². The second-order valence-electron chi connectivity index (χ2n) is 4.24. The Morgan fingerprint density at radius 1 is 1.57 bits per heavy atom. The van der Waals surface area contributed by atoms with Gasteiger partial charge in [-0.25, -0.2) is 9.78 Å². The van der Waals surface area contributed by atoms with Gasteiger partial charge >= 0.3 is 11.0 Å². The molecule has 3 rings (SSSR count). The van der Waals surface area contributed by atoms with Crippen molar-refractivity contribution in [3.8, 4) is 16.7 Å². The van der Waals surface area contributed by atoms with E-state index in [1.54, 1.807) is 18.2 Å². The SMILES string of the molecule is O=C(O)C1Cc2ccc(Oc3ncc([N+](=O)[O-])s3)cc2O1. The zero-order chi connectivity index (χ0) is 15.0. The van der Waals surface area contributed by atoms with Gasteiger partial charge in [-0.05, 0) is 23.0 Å². The van der Waals surface area contributed by atoms with Crippen LogP contribution in [0.2, 0.25) is 0 Å². The summed E-state index contributed by atoms with van der Waals surface area (Å²) >= 11 is 0.807. The van der Waals surface area contributed by atoms with Crippen molar-refractivity contribution in [1.82, 2.24) is 4.98 Å². The van der Waals surface area contributed by atoms with Gasteiger partial charge in [0, 0.05) is 12.5 Å². The summed E-state index contributed by atoms with van der Waals surface area (Å²) in [7, 11) is 0. The second kappa shape index (κ2) is 5.02. The highest BCUT2D eigenvalue weighted by atomic mass is 32.1. The molecule has 1 unspecified atom stereocenters. The summed E-state index contributed by atoms with van der Waals surface area (Å²) in [5.74, 6) is -0.209. The molecule has 1 aromatic heterocycles. The molecule has 0 saturated heterocycles. The van der Waals surface area contributed by atoms with Crippen molar-refractivity contribution in [2.45, 2.75) is 12.5 Å². The highest BCUT2D eigenvalue weighted by molar-refractivity contribution is 7.16. The third-order valence-electron chi connectivity index (χ3n) is 2.85. The Balaban J connectivity index is 1.77. The molecule has 9 heteroatoms. The fourth-order valence-electron chi connectivity index (χ4n) is 1.89. The number of hydrogen-bond donors (Lipinski definition) is 1. The molecule has 1 atom stereocenters. The monoisotopic (exact) mass is 308 g/mol. The van der Waals surface area contributed by atoms with Gasteiger partial charge in [0.25, 0.3) is 5.19 Å². The lowest BCUT2D eigenvalue weighted by atomic mass is 10.1. The van der Waals surface area contributed by atoms with Crippen molar-refractivity contribution in [1.29, 1.82) is 0 Å². The summed E-state index contributed by atoms with van der Waals surface area (Å²) in [5.41, 5.74) is 0.778. The van der Waals surface area contributed by atoms with Crippen LogP contribution in [0, 0.1) is 10.1 Å². The van der Waals surface area contributed by atoms with Gasteiger partial charge in [-0.2, -0.15) is 0 Å². The summed E-state index contributed by atoms with van der Waals surface area (Å²) in [6.45, 7) is 0. The van der Waals surface area contributed by atoms with Crippen LogP contribution in [-0.2, 0) is 11.2 Å². The first-order chi connectivity index (χ1) is 10.0. The number of thiazole rings is 1. The molecular weight excluding hydrogens is 300 g/mol. The first kappa shape index (κ1) is 13.3. The quantitative estimate of drug-likeness (QED) is 0.680. The first-order valence-corrected chi connectivity index (χ1v) is 6.65. The Morgan fingerprint density at radius 2 is 2.38 bits per heavy atom. The van der Waals surface area contributed by atoms with E-state index in [1.165, 1.54) is 0 Å². The minimum atomic E-state index is -1.02. The molecule has 2 heterocycles. The molecule has 21 heavy (non-hydrogen) atoms. The van der Waals surface area contributed by atoms with Gasteiger partial charge in [0.15, 0.2) is 6.10 Å². The van der Waals surface area contributed by atoms with Gasteiger partial charge in [0.1, 0.15) is 17.7 Å². The summed E-state index contributed by atoms with van der Waals surface area (Å²) in [6, 6.07) is 4.89. The van der Waals surface area contributed by atoms with Crippen molar-refractivity contribution >= 4 is 22.3 Å². The predicted octanol–water partition coefficient (Wildman–Crippen LogP) is 2.23. The van der Waals surface area contributed by atoms with E-state index in [9.17, 15) is 14.9 Å². The predicted molar refractivity (Wildman–Crippen MR) is 71.0 cm³/mol. The normalized spacial score (nSPS) is 16.1. The fraction of sp³-hybridized carbons (Fsp3) is 0.167. The molecule has 0 radical (unpaired) electrons. The number of fused-ring (bicyclic) bond motifs is 1. The van der Waals surface area contributed by atoms with Crippen LogP contribution in [0.1, 0.15) is 5.56 Å².